The van der Waals surface area contributed by atoms with Crippen molar-refractivity contribution in [1.82, 2.24) is 4.90 Å². The number of likely N-dealkylation sites (N-methyl/N-ethyl adjacent to an activating group) is 1. The maximum absolute atomic E-state index is 13.4. The Kier molecular flexibility index (Phi) is 4.95. The lowest BCUT2D eigenvalue weighted by molar-refractivity contribution is -0.137. The summed E-state index contributed by atoms with van der Waals surface area (Å²) < 4.78 is 18.6. The van der Waals surface area contributed by atoms with Crippen molar-refractivity contribution in [2.24, 2.45) is 0 Å². The van der Waals surface area contributed by atoms with Crippen molar-refractivity contribution in [1.29, 1.82) is 0 Å². The number of amides is 1. The first-order valence-electron chi connectivity index (χ1n) is 6.90. The predicted molar refractivity (Wildman–Crippen MR) is 72.9 cm³/mol. The summed E-state index contributed by atoms with van der Waals surface area (Å²) in [5.74, 6) is -0.668. The van der Waals surface area contributed by atoms with Gasteiger partial charge in [0.1, 0.15) is 0 Å². The van der Waals surface area contributed by atoms with E-state index in [9.17, 15) is 14.3 Å². The molecule has 5 heteroatoms. The summed E-state index contributed by atoms with van der Waals surface area (Å²) in [4.78, 5) is 13.6. The van der Waals surface area contributed by atoms with E-state index in [1.54, 1.807) is 19.2 Å². The zero-order valence-corrected chi connectivity index (χ0v) is 11.6. The number of aliphatic hydroxyl groups excluding tert-OH is 1. The molecule has 1 saturated carbocycles. The van der Waals surface area contributed by atoms with E-state index < -0.39 is 11.9 Å². The molecule has 0 spiro atoms. The number of hydrogen-bond acceptors (Lipinski definition) is 3. The molecule has 1 aliphatic carbocycles. The van der Waals surface area contributed by atoms with Crippen LogP contribution in [0.2, 0.25) is 0 Å². The van der Waals surface area contributed by atoms with Crippen LogP contribution in [0.3, 0.4) is 0 Å². The zero-order chi connectivity index (χ0) is 14.5. The molecule has 2 rings (SSSR count). The fraction of sp³-hybridized carbons (Fsp3) is 0.533. The van der Waals surface area contributed by atoms with Gasteiger partial charge in [-0.25, -0.2) is 4.39 Å². The van der Waals surface area contributed by atoms with Crippen LogP contribution in [0.5, 0.6) is 5.75 Å². The molecule has 1 amide bonds. The highest BCUT2D eigenvalue weighted by molar-refractivity contribution is 5.77. The number of hydrogen-bond donors (Lipinski definition) is 1. The highest BCUT2D eigenvalue weighted by atomic mass is 19.1. The number of halogens is 1. The van der Waals surface area contributed by atoms with E-state index in [4.69, 9.17) is 4.74 Å². The van der Waals surface area contributed by atoms with Crippen molar-refractivity contribution < 1.29 is 19.0 Å². The van der Waals surface area contributed by atoms with Gasteiger partial charge < -0.3 is 14.7 Å². The molecule has 1 fully saturated rings. The number of ether oxygens (including phenoxy) is 1. The molecule has 20 heavy (non-hydrogen) atoms. The van der Waals surface area contributed by atoms with E-state index in [1.165, 1.54) is 17.0 Å². The Bertz CT molecular complexity index is 466. The van der Waals surface area contributed by atoms with Crippen molar-refractivity contribution in [2.75, 3.05) is 13.7 Å². The molecule has 1 aromatic rings. The fourth-order valence-corrected chi connectivity index (χ4v) is 2.53. The average molecular weight is 281 g/mol. The fourth-order valence-electron chi connectivity index (χ4n) is 2.53. The van der Waals surface area contributed by atoms with Crippen LogP contribution in [0.1, 0.15) is 25.7 Å². The Balaban J connectivity index is 1.89. The molecule has 110 valence electrons. The molecule has 4 nitrogen and oxygen atoms in total. The molecule has 2 unspecified atom stereocenters. The molecule has 0 aromatic heterocycles. The van der Waals surface area contributed by atoms with Gasteiger partial charge >= 0.3 is 0 Å². The molecule has 0 aliphatic heterocycles. The third-order valence-electron chi connectivity index (χ3n) is 3.77. The SMILES string of the molecule is CN(C(=O)COc1ccccc1F)C1CCCCC1O. The van der Waals surface area contributed by atoms with Gasteiger partial charge in [0.25, 0.3) is 5.91 Å². The Morgan fingerprint density at radius 2 is 2.10 bits per heavy atom. The second-order valence-electron chi connectivity index (χ2n) is 5.14. The second kappa shape index (κ2) is 6.70. The van der Waals surface area contributed by atoms with Crippen LogP contribution < -0.4 is 4.74 Å². The normalized spacial score (nSPS) is 22.4. The van der Waals surface area contributed by atoms with Crippen molar-refractivity contribution in [2.45, 2.75) is 37.8 Å². The van der Waals surface area contributed by atoms with Gasteiger partial charge in [0.05, 0.1) is 12.1 Å². The number of rotatable bonds is 4. The number of nitrogens with zero attached hydrogens (tertiary/aromatic N) is 1. The van der Waals surface area contributed by atoms with Crippen LogP contribution in [0, 0.1) is 5.82 Å². The standard InChI is InChI=1S/C15H20FNO3/c1-17(12-7-3-4-8-13(12)18)15(19)10-20-14-9-5-2-6-11(14)16/h2,5-6,9,12-13,18H,3-4,7-8,10H2,1H3. The van der Waals surface area contributed by atoms with Gasteiger partial charge in [0.15, 0.2) is 18.2 Å². The molecule has 0 bridgehead atoms. The number of benzene rings is 1. The highest BCUT2D eigenvalue weighted by Crippen LogP contribution is 2.22. The van der Waals surface area contributed by atoms with Gasteiger partial charge in [0.2, 0.25) is 0 Å². The molecule has 1 aliphatic rings. The van der Waals surface area contributed by atoms with E-state index in [1.807, 2.05) is 0 Å². The molecule has 0 radical (unpaired) electrons. The topological polar surface area (TPSA) is 49.8 Å². The lowest BCUT2D eigenvalue weighted by atomic mass is 9.91. The summed E-state index contributed by atoms with van der Waals surface area (Å²) in [6.45, 7) is -0.222. The first kappa shape index (κ1) is 14.8. The molecule has 1 aromatic carbocycles. The summed E-state index contributed by atoms with van der Waals surface area (Å²) >= 11 is 0. The van der Waals surface area contributed by atoms with Crippen LogP contribution in [0.15, 0.2) is 24.3 Å². The summed E-state index contributed by atoms with van der Waals surface area (Å²) in [5, 5.41) is 9.92. The zero-order valence-electron chi connectivity index (χ0n) is 11.6. The van der Waals surface area contributed by atoms with Gasteiger partial charge in [-0.3, -0.25) is 4.79 Å². The predicted octanol–water partition coefficient (Wildman–Crippen LogP) is 1.97. The molecule has 1 N–H and O–H groups in total. The van der Waals surface area contributed by atoms with E-state index >= 15 is 0 Å². The van der Waals surface area contributed by atoms with Crippen LogP contribution >= 0.6 is 0 Å². The van der Waals surface area contributed by atoms with Crippen molar-refractivity contribution in [3.8, 4) is 5.75 Å². The van der Waals surface area contributed by atoms with Crippen LogP contribution in [0.25, 0.3) is 0 Å². The van der Waals surface area contributed by atoms with E-state index in [0.717, 1.165) is 25.7 Å². The smallest absolute Gasteiger partial charge is 0.260 e. The first-order valence-corrected chi connectivity index (χ1v) is 6.90. The number of aliphatic hydroxyl groups is 1. The Morgan fingerprint density at radius 3 is 2.80 bits per heavy atom. The van der Waals surface area contributed by atoms with E-state index in [2.05, 4.69) is 0 Å². The maximum Gasteiger partial charge on any atom is 0.260 e. The van der Waals surface area contributed by atoms with Crippen LogP contribution in [-0.2, 0) is 4.79 Å². The maximum atomic E-state index is 13.4. The van der Waals surface area contributed by atoms with Crippen LogP contribution in [0.4, 0.5) is 4.39 Å². The minimum atomic E-state index is -0.486. The Morgan fingerprint density at radius 1 is 1.40 bits per heavy atom. The third kappa shape index (κ3) is 3.48. The lowest BCUT2D eigenvalue weighted by Gasteiger charge is -2.35. The molecule has 0 heterocycles. The van der Waals surface area contributed by atoms with Gasteiger partial charge in [-0.05, 0) is 25.0 Å². The van der Waals surface area contributed by atoms with E-state index in [-0.39, 0.29) is 24.3 Å². The number of carbonyl (C=O) groups is 1. The molecular formula is C15H20FNO3. The van der Waals surface area contributed by atoms with E-state index in [0.29, 0.717) is 0 Å². The van der Waals surface area contributed by atoms with Gasteiger partial charge in [-0.15, -0.1) is 0 Å². The summed E-state index contributed by atoms with van der Waals surface area (Å²) in [6, 6.07) is 5.82. The number of para-hydroxylation sites is 1. The summed E-state index contributed by atoms with van der Waals surface area (Å²) in [6.07, 6.45) is 3.03. The van der Waals surface area contributed by atoms with Crippen molar-refractivity contribution >= 4 is 5.91 Å². The summed E-state index contributed by atoms with van der Waals surface area (Å²) in [5.41, 5.74) is 0. The monoisotopic (exact) mass is 281 g/mol. The Labute approximate surface area is 118 Å². The van der Waals surface area contributed by atoms with Crippen molar-refractivity contribution in [3.05, 3.63) is 30.1 Å². The molecule has 0 saturated heterocycles. The first-order chi connectivity index (χ1) is 9.59. The summed E-state index contributed by atoms with van der Waals surface area (Å²) in [7, 11) is 1.66. The molecule has 2 atom stereocenters. The van der Waals surface area contributed by atoms with Gasteiger partial charge in [-0.1, -0.05) is 25.0 Å². The van der Waals surface area contributed by atoms with Gasteiger partial charge in [0, 0.05) is 7.05 Å². The minimum absolute atomic E-state index is 0.0680. The quantitative estimate of drug-likeness (QED) is 0.918. The van der Waals surface area contributed by atoms with Crippen LogP contribution in [-0.4, -0.2) is 41.7 Å². The number of carbonyl (C=O) groups excluding carboxylic acids is 1. The highest BCUT2D eigenvalue weighted by Gasteiger charge is 2.29. The second-order valence-corrected chi connectivity index (χ2v) is 5.14. The lowest BCUT2D eigenvalue weighted by Crippen LogP contribution is -2.47. The van der Waals surface area contributed by atoms with Gasteiger partial charge in [-0.2, -0.15) is 0 Å². The third-order valence-corrected chi connectivity index (χ3v) is 3.77. The average Bonchev–Trinajstić information content (AvgIpc) is 2.46. The minimum Gasteiger partial charge on any atom is -0.481 e. The largest absolute Gasteiger partial charge is 0.481 e. The molecular weight excluding hydrogens is 261 g/mol. The Hall–Kier alpha value is -1.62. The van der Waals surface area contributed by atoms with Crippen molar-refractivity contribution in [3.63, 3.8) is 0 Å².